The largest absolute Gasteiger partial charge is 0.467 e. The minimum absolute atomic E-state index is 0.0634. The highest BCUT2D eigenvalue weighted by molar-refractivity contribution is 5.89. The average molecular weight is 276 g/mol. The minimum atomic E-state index is -0.293. The number of furan rings is 1. The van der Waals surface area contributed by atoms with E-state index in [-0.39, 0.29) is 23.8 Å². The van der Waals surface area contributed by atoms with Gasteiger partial charge < -0.3 is 14.6 Å². The van der Waals surface area contributed by atoms with Gasteiger partial charge in [-0.2, -0.15) is 0 Å². The topological polar surface area (TPSA) is 62.6 Å². The van der Waals surface area contributed by atoms with E-state index in [1.54, 1.807) is 17.2 Å². The fourth-order valence-electron chi connectivity index (χ4n) is 2.90. The highest BCUT2D eigenvalue weighted by Gasteiger charge is 2.38. The molecule has 2 aliphatic rings. The summed E-state index contributed by atoms with van der Waals surface area (Å²) >= 11 is 0. The van der Waals surface area contributed by atoms with Crippen LogP contribution >= 0.6 is 0 Å². The van der Waals surface area contributed by atoms with Gasteiger partial charge in [0.25, 0.3) is 0 Å². The van der Waals surface area contributed by atoms with Gasteiger partial charge in [0.2, 0.25) is 11.8 Å². The van der Waals surface area contributed by atoms with Gasteiger partial charge in [-0.1, -0.05) is 6.42 Å². The molecular formula is C15H20N2O3. The number of rotatable bonds is 4. The summed E-state index contributed by atoms with van der Waals surface area (Å²) in [7, 11) is 0. The molecule has 1 saturated heterocycles. The van der Waals surface area contributed by atoms with E-state index in [0.29, 0.717) is 13.1 Å². The van der Waals surface area contributed by atoms with Crippen LogP contribution in [0.3, 0.4) is 0 Å². The van der Waals surface area contributed by atoms with Crippen molar-refractivity contribution in [3.63, 3.8) is 0 Å². The SMILES string of the molecule is O=C(NCc1ccco1)C1CCCN1C(=O)C1CCC1. The number of amides is 2. The van der Waals surface area contributed by atoms with Crippen LogP contribution < -0.4 is 5.32 Å². The van der Waals surface area contributed by atoms with E-state index in [1.165, 1.54) is 0 Å². The van der Waals surface area contributed by atoms with Crippen molar-refractivity contribution in [3.8, 4) is 0 Å². The first-order valence-corrected chi connectivity index (χ1v) is 7.36. The van der Waals surface area contributed by atoms with Crippen molar-refractivity contribution >= 4 is 11.8 Å². The van der Waals surface area contributed by atoms with Gasteiger partial charge in [-0.15, -0.1) is 0 Å². The Bertz CT molecular complexity index is 479. The van der Waals surface area contributed by atoms with E-state index < -0.39 is 0 Å². The molecule has 0 aromatic carbocycles. The zero-order valence-electron chi connectivity index (χ0n) is 11.5. The highest BCUT2D eigenvalue weighted by atomic mass is 16.3. The zero-order chi connectivity index (χ0) is 13.9. The molecule has 20 heavy (non-hydrogen) atoms. The van der Waals surface area contributed by atoms with E-state index >= 15 is 0 Å². The Morgan fingerprint density at radius 2 is 2.15 bits per heavy atom. The third-order valence-electron chi connectivity index (χ3n) is 4.31. The molecule has 3 rings (SSSR count). The standard InChI is InChI=1S/C15H20N2O3/c18-14(16-10-12-6-3-9-20-12)13-7-2-8-17(13)15(19)11-4-1-5-11/h3,6,9,11,13H,1-2,4-5,7-8,10H2,(H,16,18). The summed E-state index contributed by atoms with van der Waals surface area (Å²) in [4.78, 5) is 26.3. The number of nitrogens with zero attached hydrogens (tertiary/aromatic N) is 1. The third kappa shape index (κ3) is 2.57. The van der Waals surface area contributed by atoms with Crippen LogP contribution in [0.25, 0.3) is 0 Å². The van der Waals surface area contributed by atoms with Gasteiger partial charge in [0, 0.05) is 12.5 Å². The van der Waals surface area contributed by atoms with Gasteiger partial charge in [0.1, 0.15) is 11.8 Å². The van der Waals surface area contributed by atoms with Crippen molar-refractivity contribution in [2.45, 2.75) is 44.7 Å². The Kier molecular flexibility index (Phi) is 3.76. The van der Waals surface area contributed by atoms with E-state index in [4.69, 9.17) is 4.42 Å². The molecular weight excluding hydrogens is 256 g/mol. The quantitative estimate of drug-likeness (QED) is 0.910. The Labute approximate surface area is 118 Å². The number of hydrogen-bond donors (Lipinski definition) is 1. The summed E-state index contributed by atoms with van der Waals surface area (Å²) in [5.74, 6) is 1.00. The fraction of sp³-hybridized carbons (Fsp3) is 0.600. The summed E-state index contributed by atoms with van der Waals surface area (Å²) in [6.45, 7) is 1.10. The van der Waals surface area contributed by atoms with Gasteiger partial charge in [-0.25, -0.2) is 0 Å². The molecule has 2 amide bonds. The Morgan fingerprint density at radius 1 is 1.30 bits per heavy atom. The van der Waals surface area contributed by atoms with E-state index in [1.807, 2.05) is 6.07 Å². The van der Waals surface area contributed by atoms with Crippen LogP contribution in [0.2, 0.25) is 0 Å². The van der Waals surface area contributed by atoms with E-state index in [0.717, 1.165) is 37.9 Å². The Balaban J connectivity index is 1.56. The molecule has 2 heterocycles. The molecule has 5 nitrogen and oxygen atoms in total. The molecule has 1 atom stereocenters. The second kappa shape index (κ2) is 5.69. The fourth-order valence-corrected chi connectivity index (χ4v) is 2.90. The molecule has 1 aliphatic heterocycles. The molecule has 1 aromatic rings. The third-order valence-corrected chi connectivity index (χ3v) is 4.31. The van der Waals surface area contributed by atoms with Crippen LogP contribution in [0.1, 0.15) is 37.9 Å². The molecule has 0 spiro atoms. The average Bonchev–Trinajstić information content (AvgIpc) is 3.04. The van der Waals surface area contributed by atoms with E-state index in [2.05, 4.69) is 5.32 Å². The molecule has 1 unspecified atom stereocenters. The molecule has 5 heteroatoms. The molecule has 1 N–H and O–H groups in total. The van der Waals surface area contributed by atoms with Gasteiger partial charge in [-0.3, -0.25) is 9.59 Å². The molecule has 2 fully saturated rings. The number of hydrogen-bond acceptors (Lipinski definition) is 3. The maximum Gasteiger partial charge on any atom is 0.243 e. The molecule has 1 aliphatic carbocycles. The highest BCUT2D eigenvalue weighted by Crippen LogP contribution is 2.31. The van der Waals surface area contributed by atoms with Crippen LogP contribution in [0.4, 0.5) is 0 Å². The van der Waals surface area contributed by atoms with Crippen molar-refractivity contribution in [2.75, 3.05) is 6.54 Å². The normalized spacial score (nSPS) is 22.6. The maximum atomic E-state index is 12.3. The number of nitrogens with one attached hydrogen (secondary N) is 1. The summed E-state index contributed by atoms with van der Waals surface area (Å²) in [6.07, 6.45) is 6.37. The summed E-state index contributed by atoms with van der Waals surface area (Å²) in [6, 6.07) is 3.33. The second-order valence-corrected chi connectivity index (χ2v) is 5.61. The summed E-state index contributed by atoms with van der Waals surface area (Å²) in [5, 5.41) is 2.86. The molecule has 108 valence electrons. The number of carbonyl (C=O) groups is 2. The Morgan fingerprint density at radius 3 is 2.80 bits per heavy atom. The molecule has 0 bridgehead atoms. The van der Waals surface area contributed by atoms with Crippen LogP contribution in [0.5, 0.6) is 0 Å². The van der Waals surface area contributed by atoms with Crippen LogP contribution in [0.15, 0.2) is 22.8 Å². The lowest BCUT2D eigenvalue weighted by Crippen LogP contribution is -2.48. The first-order valence-electron chi connectivity index (χ1n) is 7.36. The van der Waals surface area contributed by atoms with Gasteiger partial charge in [-0.05, 0) is 37.8 Å². The molecule has 0 radical (unpaired) electrons. The summed E-state index contributed by atoms with van der Waals surface area (Å²) < 4.78 is 5.19. The van der Waals surface area contributed by atoms with Gasteiger partial charge in [0.05, 0.1) is 12.8 Å². The number of likely N-dealkylation sites (tertiary alicyclic amines) is 1. The molecule has 1 aromatic heterocycles. The van der Waals surface area contributed by atoms with Gasteiger partial charge >= 0.3 is 0 Å². The maximum absolute atomic E-state index is 12.3. The number of carbonyl (C=O) groups excluding carboxylic acids is 2. The predicted octanol–water partition coefficient (Wildman–Crippen LogP) is 1.69. The van der Waals surface area contributed by atoms with Crippen molar-refractivity contribution in [1.82, 2.24) is 10.2 Å². The lowest BCUT2D eigenvalue weighted by atomic mass is 9.84. The second-order valence-electron chi connectivity index (χ2n) is 5.61. The zero-order valence-corrected chi connectivity index (χ0v) is 11.5. The van der Waals surface area contributed by atoms with Crippen molar-refractivity contribution in [3.05, 3.63) is 24.2 Å². The van der Waals surface area contributed by atoms with Crippen LogP contribution in [0, 0.1) is 5.92 Å². The van der Waals surface area contributed by atoms with Crippen molar-refractivity contribution in [2.24, 2.45) is 5.92 Å². The monoisotopic (exact) mass is 276 g/mol. The minimum Gasteiger partial charge on any atom is -0.467 e. The summed E-state index contributed by atoms with van der Waals surface area (Å²) in [5.41, 5.74) is 0. The van der Waals surface area contributed by atoms with Crippen molar-refractivity contribution < 1.29 is 14.0 Å². The van der Waals surface area contributed by atoms with E-state index in [9.17, 15) is 9.59 Å². The first-order chi connectivity index (χ1) is 9.75. The molecule has 1 saturated carbocycles. The van der Waals surface area contributed by atoms with Crippen molar-refractivity contribution in [1.29, 1.82) is 0 Å². The van der Waals surface area contributed by atoms with Gasteiger partial charge in [0.15, 0.2) is 0 Å². The van der Waals surface area contributed by atoms with Crippen LogP contribution in [-0.4, -0.2) is 29.3 Å². The smallest absolute Gasteiger partial charge is 0.243 e. The lowest BCUT2D eigenvalue weighted by molar-refractivity contribution is -0.143. The Hall–Kier alpha value is -1.78. The lowest BCUT2D eigenvalue weighted by Gasteiger charge is -2.32. The first kappa shape index (κ1) is 13.2. The predicted molar refractivity (Wildman–Crippen MR) is 72.6 cm³/mol. The van der Waals surface area contributed by atoms with Crippen LogP contribution in [-0.2, 0) is 16.1 Å².